The van der Waals surface area contributed by atoms with Crippen molar-refractivity contribution in [2.75, 3.05) is 19.6 Å². The lowest BCUT2D eigenvalue weighted by Crippen LogP contribution is -2.36. The third-order valence-corrected chi connectivity index (χ3v) is 2.97. The Hall–Kier alpha value is -1.46. The van der Waals surface area contributed by atoms with Crippen LogP contribution in [0.5, 0.6) is 0 Å². The Morgan fingerprint density at radius 1 is 1.37 bits per heavy atom. The van der Waals surface area contributed by atoms with Gasteiger partial charge in [-0.05, 0) is 36.7 Å². The lowest BCUT2D eigenvalue weighted by molar-refractivity contribution is -0.122. The molecule has 106 valence electrons. The molecule has 5 heteroatoms. The largest absolute Gasteiger partial charge is 0.355 e. The molecule has 0 heterocycles. The average molecular weight is 267 g/mol. The summed E-state index contributed by atoms with van der Waals surface area (Å²) in [4.78, 5) is 13.6. The van der Waals surface area contributed by atoms with Gasteiger partial charge < -0.3 is 11.1 Å². The summed E-state index contributed by atoms with van der Waals surface area (Å²) in [5.41, 5.74) is 7.38. The molecule has 0 bridgehead atoms. The van der Waals surface area contributed by atoms with E-state index in [-0.39, 0.29) is 11.7 Å². The molecule has 0 radical (unpaired) electrons. The van der Waals surface area contributed by atoms with Gasteiger partial charge in [0.1, 0.15) is 5.82 Å². The molecule has 0 unspecified atom stereocenters. The van der Waals surface area contributed by atoms with E-state index in [0.29, 0.717) is 26.2 Å². The summed E-state index contributed by atoms with van der Waals surface area (Å²) in [7, 11) is 0. The molecule has 0 aromatic heterocycles. The highest BCUT2D eigenvalue weighted by molar-refractivity contribution is 5.77. The summed E-state index contributed by atoms with van der Waals surface area (Å²) >= 11 is 0. The first kappa shape index (κ1) is 15.6. The van der Waals surface area contributed by atoms with Crippen LogP contribution in [0.2, 0.25) is 0 Å². The highest BCUT2D eigenvalue weighted by atomic mass is 19.1. The Bertz CT molecular complexity index is 423. The minimum Gasteiger partial charge on any atom is -0.355 e. The van der Waals surface area contributed by atoms with E-state index in [0.717, 1.165) is 17.7 Å². The number of halogens is 1. The minimum absolute atomic E-state index is 0.000704. The molecule has 1 aromatic rings. The standard InChI is InChI=1S/C14H22FN3O/c1-3-17-14(19)10-18(4-2)9-11-5-6-13(15)7-12(11)8-16/h5-7H,3-4,8-10,16H2,1-2H3,(H,17,19). The smallest absolute Gasteiger partial charge is 0.234 e. The van der Waals surface area contributed by atoms with Crippen LogP contribution in [0.25, 0.3) is 0 Å². The Morgan fingerprint density at radius 2 is 2.11 bits per heavy atom. The molecule has 4 nitrogen and oxygen atoms in total. The summed E-state index contributed by atoms with van der Waals surface area (Å²) in [6.45, 7) is 6.49. The molecule has 1 aromatic carbocycles. The molecule has 0 aliphatic rings. The maximum Gasteiger partial charge on any atom is 0.234 e. The monoisotopic (exact) mass is 267 g/mol. The van der Waals surface area contributed by atoms with Crippen molar-refractivity contribution in [3.05, 3.63) is 35.1 Å². The number of hydrogen-bond acceptors (Lipinski definition) is 3. The Kier molecular flexibility index (Phi) is 6.45. The maximum absolute atomic E-state index is 13.1. The number of rotatable bonds is 7. The molecule has 1 amide bonds. The lowest BCUT2D eigenvalue weighted by Gasteiger charge is -2.21. The third kappa shape index (κ3) is 4.96. The van der Waals surface area contributed by atoms with Crippen LogP contribution < -0.4 is 11.1 Å². The van der Waals surface area contributed by atoms with Crippen LogP contribution in [-0.2, 0) is 17.9 Å². The average Bonchev–Trinajstić information content (AvgIpc) is 2.40. The van der Waals surface area contributed by atoms with E-state index in [9.17, 15) is 9.18 Å². The van der Waals surface area contributed by atoms with Gasteiger partial charge in [0.2, 0.25) is 5.91 Å². The summed E-state index contributed by atoms with van der Waals surface area (Å²) in [6, 6.07) is 4.61. The first-order valence-electron chi connectivity index (χ1n) is 6.57. The predicted octanol–water partition coefficient (Wildman–Crippen LogP) is 1.24. The van der Waals surface area contributed by atoms with Gasteiger partial charge in [-0.2, -0.15) is 0 Å². The normalized spacial score (nSPS) is 10.8. The van der Waals surface area contributed by atoms with E-state index in [1.165, 1.54) is 12.1 Å². The topological polar surface area (TPSA) is 58.4 Å². The van der Waals surface area contributed by atoms with Gasteiger partial charge >= 0.3 is 0 Å². The number of nitrogens with one attached hydrogen (secondary N) is 1. The molecule has 0 aliphatic heterocycles. The molecule has 19 heavy (non-hydrogen) atoms. The van der Waals surface area contributed by atoms with Gasteiger partial charge in [0.05, 0.1) is 6.54 Å². The number of nitrogens with two attached hydrogens (primary N) is 1. The summed E-state index contributed by atoms with van der Waals surface area (Å²) in [5.74, 6) is -0.281. The van der Waals surface area contributed by atoms with Crippen molar-refractivity contribution in [2.45, 2.75) is 26.9 Å². The van der Waals surface area contributed by atoms with Crippen LogP contribution in [0.1, 0.15) is 25.0 Å². The number of hydrogen-bond donors (Lipinski definition) is 2. The number of likely N-dealkylation sites (N-methyl/N-ethyl adjacent to an activating group) is 2. The molecular formula is C14H22FN3O. The van der Waals surface area contributed by atoms with Crippen molar-refractivity contribution >= 4 is 5.91 Å². The lowest BCUT2D eigenvalue weighted by atomic mass is 10.1. The molecule has 0 spiro atoms. The fourth-order valence-corrected chi connectivity index (χ4v) is 1.92. The van der Waals surface area contributed by atoms with Gasteiger partial charge in [0.15, 0.2) is 0 Å². The minimum atomic E-state index is -0.282. The fraction of sp³-hybridized carbons (Fsp3) is 0.500. The predicted molar refractivity (Wildman–Crippen MR) is 73.9 cm³/mol. The second-order valence-corrected chi connectivity index (χ2v) is 4.37. The van der Waals surface area contributed by atoms with Crippen LogP contribution in [0.15, 0.2) is 18.2 Å². The van der Waals surface area contributed by atoms with Gasteiger partial charge in [0.25, 0.3) is 0 Å². The van der Waals surface area contributed by atoms with E-state index in [4.69, 9.17) is 5.73 Å². The highest BCUT2D eigenvalue weighted by Gasteiger charge is 2.11. The highest BCUT2D eigenvalue weighted by Crippen LogP contribution is 2.13. The summed E-state index contributed by atoms with van der Waals surface area (Å²) in [5, 5.41) is 2.77. The zero-order valence-corrected chi connectivity index (χ0v) is 11.6. The Balaban J connectivity index is 2.72. The van der Waals surface area contributed by atoms with Gasteiger partial charge in [-0.3, -0.25) is 9.69 Å². The van der Waals surface area contributed by atoms with E-state index >= 15 is 0 Å². The molecule has 0 saturated carbocycles. The SMILES string of the molecule is CCNC(=O)CN(CC)Cc1ccc(F)cc1CN. The number of benzene rings is 1. The van der Waals surface area contributed by atoms with Gasteiger partial charge in [-0.1, -0.05) is 13.0 Å². The quantitative estimate of drug-likeness (QED) is 0.781. The number of carbonyl (C=O) groups excluding carboxylic acids is 1. The van der Waals surface area contributed by atoms with Crippen LogP contribution >= 0.6 is 0 Å². The maximum atomic E-state index is 13.1. The van der Waals surface area contributed by atoms with Crippen LogP contribution in [0, 0.1) is 5.82 Å². The fourth-order valence-electron chi connectivity index (χ4n) is 1.92. The second kappa shape index (κ2) is 7.86. The third-order valence-electron chi connectivity index (χ3n) is 2.97. The zero-order chi connectivity index (χ0) is 14.3. The number of nitrogens with zero attached hydrogens (tertiary/aromatic N) is 1. The molecule has 0 saturated heterocycles. The van der Waals surface area contributed by atoms with E-state index in [1.54, 1.807) is 6.07 Å². The molecular weight excluding hydrogens is 245 g/mol. The van der Waals surface area contributed by atoms with Crippen molar-refractivity contribution < 1.29 is 9.18 Å². The van der Waals surface area contributed by atoms with E-state index in [1.807, 2.05) is 18.7 Å². The van der Waals surface area contributed by atoms with Gasteiger partial charge in [0, 0.05) is 19.6 Å². The zero-order valence-electron chi connectivity index (χ0n) is 11.6. The van der Waals surface area contributed by atoms with E-state index in [2.05, 4.69) is 5.32 Å². The van der Waals surface area contributed by atoms with Gasteiger partial charge in [-0.15, -0.1) is 0 Å². The molecule has 0 atom stereocenters. The molecule has 0 fully saturated rings. The first-order chi connectivity index (χ1) is 9.10. The number of carbonyl (C=O) groups is 1. The van der Waals surface area contributed by atoms with Gasteiger partial charge in [-0.25, -0.2) is 4.39 Å². The van der Waals surface area contributed by atoms with E-state index < -0.39 is 0 Å². The van der Waals surface area contributed by atoms with Crippen molar-refractivity contribution in [1.82, 2.24) is 10.2 Å². The number of amides is 1. The molecule has 3 N–H and O–H groups in total. The second-order valence-electron chi connectivity index (χ2n) is 4.37. The van der Waals surface area contributed by atoms with Crippen molar-refractivity contribution in [1.29, 1.82) is 0 Å². The molecule has 1 rings (SSSR count). The Labute approximate surface area is 113 Å². The van der Waals surface area contributed by atoms with Crippen LogP contribution in [0.3, 0.4) is 0 Å². The summed E-state index contributed by atoms with van der Waals surface area (Å²) < 4.78 is 13.1. The van der Waals surface area contributed by atoms with Crippen LogP contribution in [0.4, 0.5) is 4.39 Å². The van der Waals surface area contributed by atoms with Crippen molar-refractivity contribution in [3.63, 3.8) is 0 Å². The van der Waals surface area contributed by atoms with Crippen LogP contribution in [-0.4, -0.2) is 30.4 Å². The molecule has 0 aliphatic carbocycles. The summed E-state index contributed by atoms with van der Waals surface area (Å²) in [6.07, 6.45) is 0. The Morgan fingerprint density at radius 3 is 2.68 bits per heavy atom. The van der Waals surface area contributed by atoms with Crippen molar-refractivity contribution in [3.8, 4) is 0 Å². The first-order valence-corrected chi connectivity index (χ1v) is 6.57. The van der Waals surface area contributed by atoms with Crippen molar-refractivity contribution in [2.24, 2.45) is 5.73 Å².